The summed E-state index contributed by atoms with van der Waals surface area (Å²) in [6, 6.07) is 0. The van der Waals surface area contributed by atoms with Gasteiger partial charge in [0.25, 0.3) is 5.56 Å². The minimum Gasteiger partial charge on any atom is -0.297 e. The SMILES string of the molecule is CS(=O)(=O)c1nc2c(c(=O)[nH]1)CN(Cc1cnc(Cl)s1)CC2. The Balaban J connectivity index is 1.86. The lowest BCUT2D eigenvalue weighted by atomic mass is 10.1. The van der Waals surface area contributed by atoms with Crippen LogP contribution in [-0.4, -0.2) is 41.1 Å². The Morgan fingerprint density at radius 3 is 2.91 bits per heavy atom. The van der Waals surface area contributed by atoms with Crippen LogP contribution in [0.25, 0.3) is 0 Å². The standard InChI is InChI=1S/C12H13ClN4O3S2/c1-22(19,20)12-15-9-2-3-17(6-8(9)10(18)16-12)5-7-4-14-11(13)21-7/h4H,2-3,5-6H2,1H3,(H,15,16,18). The van der Waals surface area contributed by atoms with Crippen molar-refractivity contribution in [2.24, 2.45) is 0 Å². The Labute approximate surface area is 135 Å². The summed E-state index contributed by atoms with van der Waals surface area (Å²) in [6.45, 7) is 1.77. The Morgan fingerprint density at radius 1 is 1.50 bits per heavy atom. The van der Waals surface area contributed by atoms with Gasteiger partial charge in [-0.1, -0.05) is 11.6 Å². The number of H-pyrrole nitrogens is 1. The average molecular weight is 361 g/mol. The molecule has 1 aliphatic heterocycles. The van der Waals surface area contributed by atoms with E-state index in [2.05, 4.69) is 19.9 Å². The highest BCUT2D eigenvalue weighted by Crippen LogP contribution is 2.22. The van der Waals surface area contributed by atoms with Gasteiger partial charge in [0, 0.05) is 43.4 Å². The molecule has 0 atom stereocenters. The number of nitrogens with zero attached hydrogens (tertiary/aromatic N) is 3. The maximum Gasteiger partial charge on any atom is 0.256 e. The second-order valence-electron chi connectivity index (χ2n) is 5.11. The number of aromatic amines is 1. The number of fused-ring (bicyclic) bond motifs is 1. The Bertz CT molecular complexity index is 875. The summed E-state index contributed by atoms with van der Waals surface area (Å²) in [6.07, 6.45) is 3.28. The van der Waals surface area contributed by atoms with Crippen molar-refractivity contribution >= 4 is 32.8 Å². The fourth-order valence-corrected chi connectivity index (χ4v) is 3.92. The summed E-state index contributed by atoms with van der Waals surface area (Å²) in [7, 11) is -3.52. The second-order valence-corrected chi connectivity index (χ2v) is 8.74. The molecule has 3 rings (SSSR count). The third-order valence-corrected chi connectivity index (χ3v) is 5.38. The molecule has 118 valence electrons. The van der Waals surface area contributed by atoms with E-state index in [1.807, 2.05) is 0 Å². The first-order valence-corrected chi connectivity index (χ1v) is 9.56. The lowest BCUT2D eigenvalue weighted by Gasteiger charge is -2.26. The molecule has 0 spiro atoms. The molecule has 10 heteroatoms. The number of aromatic nitrogens is 3. The van der Waals surface area contributed by atoms with Gasteiger partial charge in [0.1, 0.15) is 0 Å². The molecule has 0 unspecified atom stereocenters. The first kappa shape index (κ1) is 15.6. The van der Waals surface area contributed by atoms with Crippen molar-refractivity contribution in [1.82, 2.24) is 19.9 Å². The predicted octanol–water partition coefficient (Wildman–Crippen LogP) is 0.842. The van der Waals surface area contributed by atoms with E-state index in [0.29, 0.717) is 41.8 Å². The van der Waals surface area contributed by atoms with E-state index in [0.717, 1.165) is 11.1 Å². The van der Waals surface area contributed by atoms with Crippen molar-refractivity contribution < 1.29 is 8.42 Å². The number of rotatable bonds is 3. The number of halogens is 1. The quantitative estimate of drug-likeness (QED) is 0.815. The molecule has 2 aromatic rings. The zero-order valence-electron chi connectivity index (χ0n) is 11.7. The number of hydrogen-bond donors (Lipinski definition) is 1. The molecule has 0 amide bonds. The van der Waals surface area contributed by atoms with Gasteiger partial charge in [-0.2, -0.15) is 0 Å². The van der Waals surface area contributed by atoms with Crippen molar-refractivity contribution in [3.8, 4) is 0 Å². The van der Waals surface area contributed by atoms with Gasteiger partial charge in [0.05, 0.1) is 11.3 Å². The minimum atomic E-state index is -3.52. The molecule has 0 saturated carbocycles. The van der Waals surface area contributed by atoms with Crippen LogP contribution in [0.4, 0.5) is 0 Å². The minimum absolute atomic E-state index is 0.265. The molecule has 7 nitrogen and oxygen atoms in total. The highest BCUT2D eigenvalue weighted by Gasteiger charge is 2.23. The van der Waals surface area contributed by atoms with E-state index in [-0.39, 0.29) is 5.16 Å². The molecule has 0 aromatic carbocycles. The van der Waals surface area contributed by atoms with Crippen LogP contribution in [-0.2, 0) is 29.3 Å². The lowest BCUT2D eigenvalue weighted by molar-refractivity contribution is 0.243. The third-order valence-electron chi connectivity index (χ3n) is 3.38. The summed E-state index contributed by atoms with van der Waals surface area (Å²) in [4.78, 5) is 25.7. The zero-order chi connectivity index (χ0) is 15.9. The average Bonchev–Trinajstić information content (AvgIpc) is 2.83. The summed E-state index contributed by atoms with van der Waals surface area (Å²) >= 11 is 7.22. The van der Waals surface area contributed by atoms with Gasteiger partial charge in [-0.3, -0.25) is 14.7 Å². The molecule has 1 aliphatic rings. The van der Waals surface area contributed by atoms with Crippen LogP contribution in [0.3, 0.4) is 0 Å². The van der Waals surface area contributed by atoms with Crippen LogP contribution >= 0.6 is 22.9 Å². The van der Waals surface area contributed by atoms with Gasteiger partial charge >= 0.3 is 0 Å². The first-order chi connectivity index (χ1) is 10.3. The summed E-state index contributed by atoms with van der Waals surface area (Å²) < 4.78 is 23.5. The monoisotopic (exact) mass is 360 g/mol. The molecular weight excluding hydrogens is 348 g/mol. The number of thiazole rings is 1. The molecule has 0 aliphatic carbocycles. The highest BCUT2D eigenvalue weighted by molar-refractivity contribution is 7.90. The summed E-state index contributed by atoms with van der Waals surface area (Å²) in [5.41, 5.74) is 0.689. The van der Waals surface area contributed by atoms with Crippen LogP contribution in [0.5, 0.6) is 0 Å². The number of sulfone groups is 1. The van der Waals surface area contributed by atoms with Gasteiger partial charge in [-0.15, -0.1) is 11.3 Å². The van der Waals surface area contributed by atoms with Gasteiger partial charge in [0.2, 0.25) is 15.0 Å². The highest BCUT2D eigenvalue weighted by atomic mass is 35.5. The molecule has 0 saturated heterocycles. The molecule has 3 heterocycles. The molecule has 1 N–H and O–H groups in total. The van der Waals surface area contributed by atoms with Crippen molar-refractivity contribution in [3.05, 3.63) is 37.2 Å². The van der Waals surface area contributed by atoms with Crippen LogP contribution in [0, 0.1) is 0 Å². The maximum atomic E-state index is 12.1. The fourth-order valence-electron chi connectivity index (χ4n) is 2.35. The molecule has 22 heavy (non-hydrogen) atoms. The van der Waals surface area contributed by atoms with E-state index >= 15 is 0 Å². The molecular formula is C12H13ClN4O3S2. The fraction of sp³-hybridized carbons (Fsp3) is 0.417. The van der Waals surface area contributed by atoms with Crippen molar-refractivity contribution in [1.29, 1.82) is 0 Å². The molecule has 0 bridgehead atoms. The largest absolute Gasteiger partial charge is 0.297 e. The summed E-state index contributed by atoms with van der Waals surface area (Å²) in [5, 5.41) is -0.265. The van der Waals surface area contributed by atoms with E-state index in [4.69, 9.17) is 11.6 Å². The van der Waals surface area contributed by atoms with Crippen molar-refractivity contribution in [3.63, 3.8) is 0 Å². The van der Waals surface area contributed by atoms with Gasteiger partial charge in [-0.05, 0) is 0 Å². The zero-order valence-corrected chi connectivity index (χ0v) is 14.1. The normalized spacial score (nSPS) is 15.7. The van der Waals surface area contributed by atoms with Gasteiger partial charge in [0.15, 0.2) is 4.47 Å². The smallest absolute Gasteiger partial charge is 0.256 e. The third kappa shape index (κ3) is 3.22. The topological polar surface area (TPSA) is 96.0 Å². The van der Waals surface area contributed by atoms with E-state index in [9.17, 15) is 13.2 Å². The van der Waals surface area contributed by atoms with Crippen LogP contribution in [0.1, 0.15) is 16.1 Å². The van der Waals surface area contributed by atoms with Gasteiger partial charge < -0.3 is 0 Å². The molecule has 2 aromatic heterocycles. The van der Waals surface area contributed by atoms with Crippen molar-refractivity contribution in [2.45, 2.75) is 24.7 Å². The second kappa shape index (κ2) is 5.73. The number of nitrogens with one attached hydrogen (secondary N) is 1. The Morgan fingerprint density at radius 2 is 2.27 bits per heavy atom. The van der Waals surface area contributed by atoms with Gasteiger partial charge in [-0.25, -0.2) is 18.4 Å². The first-order valence-electron chi connectivity index (χ1n) is 6.47. The molecule has 0 fully saturated rings. The van der Waals surface area contributed by atoms with E-state index < -0.39 is 15.4 Å². The maximum absolute atomic E-state index is 12.1. The Kier molecular flexibility index (Phi) is 4.06. The van der Waals surface area contributed by atoms with E-state index in [1.165, 1.54) is 11.3 Å². The van der Waals surface area contributed by atoms with Crippen LogP contribution in [0.15, 0.2) is 16.1 Å². The Hall–Kier alpha value is -1.29. The lowest BCUT2D eigenvalue weighted by Crippen LogP contribution is -2.35. The molecule has 0 radical (unpaired) electrons. The summed E-state index contributed by atoms with van der Waals surface area (Å²) in [5.74, 6) is 0. The predicted molar refractivity (Wildman–Crippen MR) is 82.9 cm³/mol. The van der Waals surface area contributed by atoms with E-state index in [1.54, 1.807) is 6.20 Å². The van der Waals surface area contributed by atoms with Crippen LogP contribution < -0.4 is 5.56 Å². The van der Waals surface area contributed by atoms with Crippen molar-refractivity contribution in [2.75, 3.05) is 12.8 Å². The van der Waals surface area contributed by atoms with Crippen LogP contribution in [0.2, 0.25) is 4.47 Å². The number of hydrogen-bond acceptors (Lipinski definition) is 7.